The summed E-state index contributed by atoms with van der Waals surface area (Å²) in [6, 6.07) is 17.2. The third kappa shape index (κ3) is 4.76. The SMILES string of the molecule is Cc1ccnc2ccc(-c3c(-c4ccc(F)cc4)nc(N)c4nc(C(=O)N5CCN(c6ccc(F)cc6F)CC5)cn34)cc12. The maximum atomic E-state index is 14.4. The number of nitrogens with zero attached hydrogens (tertiary/aromatic N) is 6. The molecule has 6 aromatic rings. The third-order valence-electron chi connectivity index (χ3n) is 8.02. The molecule has 1 fully saturated rings. The second-order valence-electron chi connectivity index (χ2n) is 10.8. The van der Waals surface area contributed by atoms with E-state index in [1.54, 1.807) is 38.7 Å². The van der Waals surface area contributed by atoms with Gasteiger partial charge in [0, 0.05) is 61.2 Å². The molecule has 1 aliphatic rings. The molecule has 11 heteroatoms. The molecule has 0 saturated carbocycles. The Labute approximate surface area is 250 Å². The van der Waals surface area contributed by atoms with E-state index in [1.165, 1.54) is 24.3 Å². The summed E-state index contributed by atoms with van der Waals surface area (Å²) >= 11 is 0. The largest absolute Gasteiger partial charge is 0.381 e. The van der Waals surface area contributed by atoms with Gasteiger partial charge >= 0.3 is 0 Å². The summed E-state index contributed by atoms with van der Waals surface area (Å²) in [4.78, 5) is 30.9. The Morgan fingerprint density at radius 1 is 0.841 bits per heavy atom. The summed E-state index contributed by atoms with van der Waals surface area (Å²) in [6.45, 7) is 3.39. The molecule has 0 spiro atoms. The number of aromatic nitrogens is 4. The van der Waals surface area contributed by atoms with Gasteiger partial charge in [0.15, 0.2) is 11.5 Å². The van der Waals surface area contributed by atoms with Gasteiger partial charge in [0.05, 0.1) is 22.6 Å². The van der Waals surface area contributed by atoms with E-state index in [0.29, 0.717) is 54.5 Å². The standard InChI is InChI=1S/C33H26F3N7O/c1-19-10-11-38-26-8-4-21(16-24(19)26)30-29(20-2-5-22(34)6-3-20)40-31(37)32-39-27(18-43(30)32)33(44)42-14-12-41(13-15-42)28-9-7-23(35)17-25(28)36/h2-11,16-18H,12-15H2,1H3,(H2,37,40). The number of hydrogen-bond acceptors (Lipinski definition) is 6. The zero-order chi connectivity index (χ0) is 30.5. The minimum Gasteiger partial charge on any atom is -0.381 e. The molecule has 4 heterocycles. The van der Waals surface area contributed by atoms with Crippen molar-refractivity contribution in [2.24, 2.45) is 0 Å². The van der Waals surface area contributed by atoms with E-state index in [-0.39, 0.29) is 23.2 Å². The molecule has 1 aliphatic heterocycles. The van der Waals surface area contributed by atoms with E-state index in [4.69, 9.17) is 5.73 Å². The van der Waals surface area contributed by atoms with Crippen molar-refractivity contribution in [3.05, 3.63) is 108 Å². The molecule has 0 atom stereocenters. The number of carbonyl (C=O) groups excluding carboxylic acids is 1. The lowest BCUT2D eigenvalue weighted by atomic mass is 10.0. The second-order valence-corrected chi connectivity index (χ2v) is 10.8. The van der Waals surface area contributed by atoms with E-state index in [0.717, 1.165) is 28.1 Å². The van der Waals surface area contributed by atoms with Crippen LogP contribution in [-0.4, -0.2) is 56.3 Å². The number of pyridine rings is 1. The van der Waals surface area contributed by atoms with Gasteiger partial charge < -0.3 is 15.5 Å². The van der Waals surface area contributed by atoms with Crippen molar-refractivity contribution >= 4 is 34.0 Å². The molecular formula is C33H26F3N7O. The number of aryl methyl sites for hydroxylation is 1. The average Bonchev–Trinajstić information content (AvgIpc) is 3.47. The van der Waals surface area contributed by atoms with E-state index in [1.807, 2.05) is 31.2 Å². The predicted octanol–water partition coefficient (Wildman–Crippen LogP) is 5.88. The monoisotopic (exact) mass is 593 g/mol. The molecular weight excluding hydrogens is 567 g/mol. The number of halogens is 3. The predicted molar refractivity (Wildman–Crippen MR) is 163 cm³/mol. The van der Waals surface area contributed by atoms with Gasteiger partial charge in [0.1, 0.15) is 23.1 Å². The van der Waals surface area contributed by atoms with Crippen LogP contribution in [-0.2, 0) is 0 Å². The Balaban J connectivity index is 1.29. The Bertz CT molecular complexity index is 2070. The zero-order valence-corrected chi connectivity index (χ0v) is 23.6. The maximum Gasteiger partial charge on any atom is 0.274 e. The normalized spacial score (nSPS) is 13.6. The summed E-state index contributed by atoms with van der Waals surface area (Å²) < 4.78 is 43.4. The summed E-state index contributed by atoms with van der Waals surface area (Å²) in [6.07, 6.45) is 3.40. The minimum absolute atomic E-state index is 0.113. The van der Waals surface area contributed by atoms with Crippen molar-refractivity contribution in [3.63, 3.8) is 0 Å². The van der Waals surface area contributed by atoms with Gasteiger partial charge in [-0.05, 0) is 67.1 Å². The molecule has 2 N–H and O–H groups in total. The first-order valence-electron chi connectivity index (χ1n) is 14.1. The van der Waals surface area contributed by atoms with E-state index >= 15 is 0 Å². The van der Waals surface area contributed by atoms with Crippen LogP contribution < -0.4 is 10.6 Å². The van der Waals surface area contributed by atoms with Crippen LogP contribution in [0.4, 0.5) is 24.7 Å². The fourth-order valence-corrected chi connectivity index (χ4v) is 5.74. The number of imidazole rings is 1. The van der Waals surface area contributed by atoms with Gasteiger partial charge in [0.25, 0.3) is 5.91 Å². The van der Waals surface area contributed by atoms with Gasteiger partial charge in [-0.1, -0.05) is 6.07 Å². The number of carbonyl (C=O) groups is 1. The summed E-state index contributed by atoms with van der Waals surface area (Å²) in [5.41, 5.74) is 11.6. The van der Waals surface area contributed by atoms with E-state index in [9.17, 15) is 18.0 Å². The number of piperazine rings is 1. The van der Waals surface area contributed by atoms with Crippen molar-refractivity contribution in [1.29, 1.82) is 0 Å². The lowest BCUT2D eigenvalue weighted by Crippen LogP contribution is -2.49. The second kappa shape index (κ2) is 10.7. The first-order valence-corrected chi connectivity index (χ1v) is 14.1. The number of benzene rings is 3. The van der Waals surface area contributed by atoms with Crippen molar-refractivity contribution < 1.29 is 18.0 Å². The molecule has 1 saturated heterocycles. The fourth-order valence-electron chi connectivity index (χ4n) is 5.74. The van der Waals surface area contributed by atoms with Crippen LogP contribution in [0.15, 0.2) is 79.1 Å². The molecule has 0 radical (unpaired) electrons. The molecule has 220 valence electrons. The van der Waals surface area contributed by atoms with Gasteiger partial charge in [-0.15, -0.1) is 0 Å². The summed E-state index contributed by atoms with van der Waals surface area (Å²) in [5.74, 6) is -1.85. The Kier molecular flexibility index (Phi) is 6.64. The minimum atomic E-state index is -0.641. The zero-order valence-electron chi connectivity index (χ0n) is 23.6. The molecule has 0 bridgehead atoms. The van der Waals surface area contributed by atoms with Crippen molar-refractivity contribution in [2.75, 3.05) is 36.8 Å². The highest BCUT2D eigenvalue weighted by Gasteiger charge is 2.27. The van der Waals surface area contributed by atoms with Gasteiger partial charge in [0.2, 0.25) is 0 Å². The number of hydrogen-bond donors (Lipinski definition) is 1. The highest BCUT2D eigenvalue weighted by atomic mass is 19.1. The summed E-state index contributed by atoms with van der Waals surface area (Å²) in [5, 5.41) is 0.951. The molecule has 3 aromatic heterocycles. The molecule has 1 amide bonds. The molecule has 0 aliphatic carbocycles. The van der Waals surface area contributed by atoms with Gasteiger partial charge in [-0.2, -0.15) is 0 Å². The molecule has 8 nitrogen and oxygen atoms in total. The summed E-state index contributed by atoms with van der Waals surface area (Å²) in [7, 11) is 0. The van der Waals surface area contributed by atoms with Crippen molar-refractivity contribution in [1.82, 2.24) is 24.3 Å². The number of nitrogens with two attached hydrogens (primary N) is 1. The van der Waals surface area contributed by atoms with Crippen LogP contribution in [0.1, 0.15) is 16.1 Å². The first kappa shape index (κ1) is 27.4. The molecule has 44 heavy (non-hydrogen) atoms. The Hall–Kier alpha value is -5.45. The number of rotatable bonds is 4. The van der Waals surface area contributed by atoms with Crippen molar-refractivity contribution in [3.8, 4) is 22.5 Å². The molecule has 0 unspecified atom stereocenters. The third-order valence-corrected chi connectivity index (χ3v) is 8.02. The lowest BCUT2D eigenvalue weighted by Gasteiger charge is -2.35. The smallest absolute Gasteiger partial charge is 0.274 e. The van der Waals surface area contributed by atoms with E-state index < -0.39 is 11.6 Å². The number of nitrogen functional groups attached to an aromatic ring is 1. The van der Waals surface area contributed by atoms with E-state index in [2.05, 4.69) is 15.0 Å². The van der Waals surface area contributed by atoms with Crippen LogP contribution in [0.25, 0.3) is 39.1 Å². The number of amides is 1. The van der Waals surface area contributed by atoms with Crippen LogP contribution in [0.2, 0.25) is 0 Å². The van der Waals surface area contributed by atoms with Crippen LogP contribution in [0.3, 0.4) is 0 Å². The number of anilines is 2. The molecule has 3 aromatic carbocycles. The van der Waals surface area contributed by atoms with Gasteiger partial charge in [-0.3, -0.25) is 14.2 Å². The highest BCUT2D eigenvalue weighted by molar-refractivity contribution is 5.95. The number of fused-ring (bicyclic) bond motifs is 2. The van der Waals surface area contributed by atoms with Crippen LogP contribution in [0, 0.1) is 24.4 Å². The topological polar surface area (TPSA) is 92.6 Å². The van der Waals surface area contributed by atoms with Crippen LogP contribution >= 0.6 is 0 Å². The molecule has 7 rings (SSSR count). The fraction of sp³-hybridized carbons (Fsp3) is 0.152. The maximum absolute atomic E-state index is 14.4. The van der Waals surface area contributed by atoms with Crippen molar-refractivity contribution in [2.45, 2.75) is 6.92 Å². The average molecular weight is 594 g/mol. The van der Waals surface area contributed by atoms with Crippen LogP contribution in [0.5, 0.6) is 0 Å². The van der Waals surface area contributed by atoms with Gasteiger partial charge in [-0.25, -0.2) is 23.1 Å². The Morgan fingerprint density at radius 2 is 1.57 bits per heavy atom. The first-order chi connectivity index (χ1) is 21.3. The quantitative estimate of drug-likeness (QED) is 0.275. The highest BCUT2D eigenvalue weighted by Crippen LogP contribution is 2.35. The lowest BCUT2D eigenvalue weighted by molar-refractivity contribution is 0.0741. The Morgan fingerprint density at radius 3 is 2.32 bits per heavy atom.